The maximum atomic E-state index is 10.7. The van der Waals surface area contributed by atoms with Crippen molar-refractivity contribution >= 4 is 34.2 Å². The number of likely N-dealkylation sites (tertiary alicyclic amines) is 1. The van der Waals surface area contributed by atoms with Gasteiger partial charge in [0.25, 0.3) is 5.89 Å². The van der Waals surface area contributed by atoms with Crippen molar-refractivity contribution in [2.45, 2.75) is 31.3 Å². The van der Waals surface area contributed by atoms with Gasteiger partial charge in [0.1, 0.15) is 24.0 Å². The van der Waals surface area contributed by atoms with Gasteiger partial charge in [-0.3, -0.25) is 0 Å². The summed E-state index contributed by atoms with van der Waals surface area (Å²) in [4.78, 5) is 2.15. The normalized spacial score (nSPS) is 16.6. The van der Waals surface area contributed by atoms with Crippen LogP contribution in [-0.2, 0) is 5.41 Å². The number of β-amino-alcohol motifs (C(OH)–C–C–N with tert-alkyl or cyclic N) is 1. The Hall–Kier alpha value is -3.09. The fraction of sp³-hybridized carbons (Fsp3) is 0.346. The lowest BCUT2D eigenvalue weighted by molar-refractivity contribution is 0.0557. The second-order valence-corrected chi connectivity index (χ2v) is 9.81. The van der Waals surface area contributed by atoms with Crippen LogP contribution in [0.4, 0.5) is 0 Å². The molecule has 0 saturated carbocycles. The predicted octanol–water partition coefficient (Wildman–Crippen LogP) is 5.40. The molecule has 1 aliphatic rings. The van der Waals surface area contributed by atoms with E-state index in [4.69, 9.17) is 36.8 Å². The predicted molar refractivity (Wildman–Crippen MR) is 135 cm³/mol. The highest BCUT2D eigenvalue weighted by Crippen LogP contribution is 2.38. The number of rotatable bonds is 7. The van der Waals surface area contributed by atoms with Gasteiger partial charge in [-0.2, -0.15) is 5.26 Å². The number of nitrogens with zero attached hydrogens (tertiary/aromatic N) is 4. The Morgan fingerprint density at radius 3 is 2.64 bits per heavy atom. The van der Waals surface area contributed by atoms with Gasteiger partial charge in [0.2, 0.25) is 5.89 Å². The smallest absolute Gasteiger partial charge is 0.283 e. The van der Waals surface area contributed by atoms with Gasteiger partial charge in [-0.05, 0) is 42.7 Å². The number of aliphatic hydroxyl groups is 1. The standard InChI is InChI=1S/C26H24Cl2N4O4/c1-16-30-31-25(35-16)24-12-19-22(3-2-4-23(19)36-24)34-14-18(33)13-32-9-7-26(15-29,8-10-32)17-5-6-20(27)21(28)11-17/h2-6,11-12,18,33H,7-10,13-14H2,1H3/t18-/m0/s1. The molecule has 1 atom stereocenters. The number of aliphatic hydroxyl groups excluding tert-OH is 1. The molecule has 10 heteroatoms. The lowest BCUT2D eigenvalue weighted by atomic mass is 9.74. The summed E-state index contributed by atoms with van der Waals surface area (Å²) in [5, 5.41) is 30.1. The molecule has 1 N–H and O–H groups in total. The molecule has 1 aliphatic heterocycles. The molecule has 0 radical (unpaired) electrons. The van der Waals surface area contributed by atoms with E-state index in [1.54, 1.807) is 25.1 Å². The first-order chi connectivity index (χ1) is 17.4. The molecule has 5 rings (SSSR count). The third-order valence-electron chi connectivity index (χ3n) is 6.55. The third-order valence-corrected chi connectivity index (χ3v) is 7.29. The molecule has 0 amide bonds. The number of halogens is 2. The first-order valence-electron chi connectivity index (χ1n) is 11.6. The van der Waals surface area contributed by atoms with Crippen molar-refractivity contribution in [3.8, 4) is 23.5 Å². The number of hydrogen-bond donors (Lipinski definition) is 1. The van der Waals surface area contributed by atoms with E-state index >= 15 is 0 Å². The van der Waals surface area contributed by atoms with E-state index in [2.05, 4.69) is 21.2 Å². The lowest BCUT2D eigenvalue weighted by Gasteiger charge is -2.38. The van der Waals surface area contributed by atoms with Crippen molar-refractivity contribution in [2.75, 3.05) is 26.2 Å². The van der Waals surface area contributed by atoms with Crippen molar-refractivity contribution < 1.29 is 18.7 Å². The van der Waals surface area contributed by atoms with Crippen LogP contribution in [0.5, 0.6) is 5.75 Å². The minimum absolute atomic E-state index is 0.117. The Balaban J connectivity index is 1.19. The molecule has 8 nitrogen and oxygen atoms in total. The topological polar surface area (TPSA) is 109 Å². The van der Waals surface area contributed by atoms with Crippen molar-refractivity contribution in [2.24, 2.45) is 0 Å². The van der Waals surface area contributed by atoms with Gasteiger partial charge in [-0.15, -0.1) is 10.2 Å². The van der Waals surface area contributed by atoms with Gasteiger partial charge >= 0.3 is 0 Å². The van der Waals surface area contributed by atoms with E-state index < -0.39 is 11.5 Å². The monoisotopic (exact) mass is 526 g/mol. The summed E-state index contributed by atoms with van der Waals surface area (Å²) in [7, 11) is 0. The van der Waals surface area contributed by atoms with Crippen LogP contribution in [-0.4, -0.2) is 52.5 Å². The molecule has 4 aromatic rings. The molecule has 0 spiro atoms. The number of hydrogen-bond acceptors (Lipinski definition) is 8. The van der Waals surface area contributed by atoms with Crippen molar-refractivity contribution in [3.05, 3.63) is 64.0 Å². The van der Waals surface area contributed by atoms with Crippen LogP contribution in [0.25, 0.3) is 22.6 Å². The zero-order chi connectivity index (χ0) is 25.3. The number of aromatic nitrogens is 2. The second kappa shape index (κ2) is 10.1. The third kappa shape index (κ3) is 4.93. The molecule has 0 bridgehead atoms. The Morgan fingerprint density at radius 2 is 1.94 bits per heavy atom. The van der Waals surface area contributed by atoms with Gasteiger partial charge in [0.15, 0.2) is 5.76 Å². The summed E-state index contributed by atoms with van der Waals surface area (Å²) in [6.07, 6.45) is 0.576. The average molecular weight is 527 g/mol. The highest BCUT2D eigenvalue weighted by Gasteiger charge is 2.37. The van der Waals surface area contributed by atoms with Crippen molar-refractivity contribution in [1.82, 2.24) is 15.1 Å². The molecule has 0 aliphatic carbocycles. The molecule has 1 saturated heterocycles. The fourth-order valence-electron chi connectivity index (χ4n) is 4.57. The van der Waals surface area contributed by atoms with Crippen LogP contribution in [0.3, 0.4) is 0 Å². The number of piperidine rings is 1. The molecule has 0 unspecified atom stereocenters. The number of ether oxygens (including phenoxy) is 1. The summed E-state index contributed by atoms with van der Waals surface area (Å²) < 4.78 is 17.2. The largest absolute Gasteiger partial charge is 0.490 e. The van der Waals surface area contributed by atoms with E-state index in [0.717, 1.165) is 10.9 Å². The van der Waals surface area contributed by atoms with Crippen LogP contribution < -0.4 is 4.74 Å². The van der Waals surface area contributed by atoms with E-state index in [9.17, 15) is 10.4 Å². The molecule has 3 heterocycles. The van der Waals surface area contributed by atoms with Gasteiger partial charge in [-0.1, -0.05) is 35.3 Å². The minimum atomic E-state index is -0.704. The fourth-order valence-corrected chi connectivity index (χ4v) is 4.87. The molecule has 2 aromatic carbocycles. The van der Waals surface area contributed by atoms with Crippen LogP contribution >= 0.6 is 23.2 Å². The van der Waals surface area contributed by atoms with E-state index in [1.807, 2.05) is 24.3 Å². The van der Waals surface area contributed by atoms with Gasteiger partial charge in [-0.25, -0.2) is 0 Å². The van der Waals surface area contributed by atoms with Crippen LogP contribution in [0.15, 0.2) is 51.3 Å². The minimum Gasteiger partial charge on any atom is -0.490 e. The van der Waals surface area contributed by atoms with Gasteiger partial charge in [0.05, 0.1) is 26.9 Å². The Labute approximate surface area is 218 Å². The maximum absolute atomic E-state index is 10.7. The Bertz CT molecular complexity index is 1420. The second-order valence-electron chi connectivity index (χ2n) is 8.99. The zero-order valence-electron chi connectivity index (χ0n) is 19.6. The quantitative estimate of drug-likeness (QED) is 0.341. The van der Waals surface area contributed by atoms with Crippen LogP contribution in [0.1, 0.15) is 24.3 Å². The summed E-state index contributed by atoms with van der Waals surface area (Å²) in [5.41, 5.74) is 0.891. The molecule has 2 aromatic heterocycles. The molecular weight excluding hydrogens is 503 g/mol. The van der Waals surface area contributed by atoms with Crippen molar-refractivity contribution in [1.29, 1.82) is 5.26 Å². The number of aryl methyl sites for hydroxylation is 1. The summed E-state index contributed by atoms with van der Waals surface area (Å²) in [6, 6.07) is 15.2. The van der Waals surface area contributed by atoms with Crippen molar-refractivity contribution in [3.63, 3.8) is 0 Å². The summed E-state index contributed by atoms with van der Waals surface area (Å²) in [5.74, 6) is 1.80. The summed E-state index contributed by atoms with van der Waals surface area (Å²) >= 11 is 12.2. The van der Waals surface area contributed by atoms with Crippen LogP contribution in [0, 0.1) is 18.3 Å². The number of nitriles is 1. The Morgan fingerprint density at radius 1 is 1.14 bits per heavy atom. The molecule has 1 fully saturated rings. The first-order valence-corrected chi connectivity index (χ1v) is 12.4. The highest BCUT2D eigenvalue weighted by molar-refractivity contribution is 6.42. The maximum Gasteiger partial charge on any atom is 0.283 e. The highest BCUT2D eigenvalue weighted by atomic mass is 35.5. The van der Waals surface area contributed by atoms with Gasteiger partial charge < -0.3 is 23.6 Å². The van der Waals surface area contributed by atoms with Crippen LogP contribution in [0.2, 0.25) is 10.0 Å². The zero-order valence-corrected chi connectivity index (χ0v) is 21.1. The molecule has 36 heavy (non-hydrogen) atoms. The Kier molecular flexibility index (Phi) is 6.91. The number of benzene rings is 2. The SMILES string of the molecule is Cc1nnc(-c2cc3c(OC[C@@H](O)CN4CCC(C#N)(c5ccc(Cl)c(Cl)c5)CC4)cccc3o2)o1. The molecule has 186 valence electrons. The first kappa shape index (κ1) is 24.6. The van der Waals surface area contributed by atoms with Gasteiger partial charge in [0, 0.05) is 32.6 Å². The average Bonchev–Trinajstić information content (AvgIpc) is 3.51. The lowest BCUT2D eigenvalue weighted by Crippen LogP contribution is -2.45. The summed E-state index contributed by atoms with van der Waals surface area (Å²) in [6.45, 7) is 3.62. The molecular formula is C26H24Cl2N4O4. The van der Waals surface area contributed by atoms with E-state index in [1.165, 1.54) is 0 Å². The number of furan rings is 1. The number of fused-ring (bicyclic) bond motifs is 1. The van der Waals surface area contributed by atoms with E-state index in [0.29, 0.717) is 71.4 Å². The van der Waals surface area contributed by atoms with E-state index in [-0.39, 0.29) is 6.61 Å².